The third-order valence-electron chi connectivity index (χ3n) is 3.68. The van der Waals surface area contributed by atoms with Gasteiger partial charge in [-0.25, -0.2) is 4.79 Å². The van der Waals surface area contributed by atoms with Crippen molar-refractivity contribution in [2.24, 2.45) is 0 Å². The van der Waals surface area contributed by atoms with Gasteiger partial charge in [0.05, 0.1) is 12.7 Å². The molecule has 18 heavy (non-hydrogen) atoms. The van der Waals surface area contributed by atoms with Crippen molar-refractivity contribution in [2.45, 2.75) is 44.8 Å². The third kappa shape index (κ3) is 3.85. The van der Waals surface area contributed by atoms with Crippen molar-refractivity contribution < 1.29 is 14.3 Å². The summed E-state index contributed by atoms with van der Waals surface area (Å²) in [6.45, 7) is 5.74. The number of rotatable bonds is 4. The SMILES string of the molecule is CCOC(=O)N1CCC(NC[C@@H]2CCCO2)CC1. The molecular formula is C13H24N2O3. The molecule has 2 aliphatic heterocycles. The molecule has 0 spiro atoms. The minimum atomic E-state index is -0.171. The van der Waals surface area contributed by atoms with Crippen molar-refractivity contribution in [3.8, 4) is 0 Å². The van der Waals surface area contributed by atoms with E-state index in [1.807, 2.05) is 6.92 Å². The zero-order chi connectivity index (χ0) is 12.8. The Morgan fingerprint density at radius 3 is 2.78 bits per heavy atom. The largest absolute Gasteiger partial charge is 0.450 e. The lowest BCUT2D eigenvalue weighted by Crippen LogP contribution is -2.46. The first-order chi connectivity index (χ1) is 8.79. The summed E-state index contributed by atoms with van der Waals surface area (Å²) in [4.78, 5) is 13.3. The molecule has 1 atom stereocenters. The fourth-order valence-corrected chi connectivity index (χ4v) is 2.58. The van der Waals surface area contributed by atoms with Crippen molar-refractivity contribution >= 4 is 6.09 Å². The van der Waals surface area contributed by atoms with E-state index in [1.165, 1.54) is 12.8 Å². The lowest BCUT2D eigenvalue weighted by Gasteiger charge is -2.32. The number of likely N-dealkylation sites (tertiary alicyclic amines) is 1. The molecule has 2 aliphatic rings. The Kier molecular flexibility index (Phi) is 5.26. The molecule has 0 radical (unpaired) electrons. The van der Waals surface area contributed by atoms with Gasteiger partial charge in [0.15, 0.2) is 0 Å². The van der Waals surface area contributed by atoms with E-state index in [9.17, 15) is 4.79 Å². The lowest BCUT2D eigenvalue weighted by atomic mass is 10.1. The van der Waals surface area contributed by atoms with E-state index < -0.39 is 0 Å². The maximum Gasteiger partial charge on any atom is 0.409 e. The zero-order valence-electron chi connectivity index (χ0n) is 11.2. The summed E-state index contributed by atoms with van der Waals surface area (Å²) in [5, 5.41) is 3.55. The minimum Gasteiger partial charge on any atom is -0.450 e. The Hall–Kier alpha value is -0.810. The average molecular weight is 256 g/mol. The first-order valence-corrected chi connectivity index (χ1v) is 7.06. The molecule has 5 nitrogen and oxygen atoms in total. The van der Waals surface area contributed by atoms with E-state index in [2.05, 4.69) is 5.32 Å². The van der Waals surface area contributed by atoms with Crippen molar-refractivity contribution in [1.82, 2.24) is 10.2 Å². The van der Waals surface area contributed by atoms with Crippen LogP contribution in [0, 0.1) is 0 Å². The van der Waals surface area contributed by atoms with Crippen LogP contribution in [0.5, 0.6) is 0 Å². The van der Waals surface area contributed by atoms with Gasteiger partial charge in [-0.2, -0.15) is 0 Å². The number of carbonyl (C=O) groups excluding carboxylic acids is 1. The average Bonchev–Trinajstić information content (AvgIpc) is 2.90. The Bertz CT molecular complexity index is 259. The molecule has 0 aromatic rings. The first kappa shape index (κ1) is 13.6. The van der Waals surface area contributed by atoms with Crippen molar-refractivity contribution in [3.63, 3.8) is 0 Å². The van der Waals surface area contributed by atoms with Gasteiger partial charge in [0, 0.05) is 32.3 Å². The highest BCUT2D eigenvalue weighted by atomic mass is 16.6. The summed E-state index contributed by atoms with van der Waals surface area (Å²) in [6, 6.07) is 0.514. The quantitative estimate of drug-likeness (QED) is 0.825. The predicted octanol–water partition coefficient (Wildman–Crippen LogP) is 1.38. The van der Waals surface area contributed by atoms with E-state index >= 15 is 0 Å². The van der Waals surface area contributed by atoms with Crippen LogP contribution in [0.2, 0.25) is 0 Å². The van der Waals surface area contributed by atoms with Crippen LogP contribution in [-0.2, 0) is 9.47 Å². The zero-order valence-corrected chi connectivity index (χ0v) is 11.2. The molecule has 2 rings (SSSR count). The second kappa shape index (κ2) is 6.95. The molecule has 2 fully saturated rings. The van der Waals surface area contributed by atoms with Gasteiger partial charge < -0.3 is 19.7 Å². The van der Waals surface area contributed by atoms with Crippen LogP contribution in [0.4, 0.5) is 4.79 Å². The molecular weight excluding hydrogens is 232 g/mol. The molecule has 104 valence electrons. The molecule has 0 aromatic carbocycles. The maximum atomic E-state index is 11.5. The fraction of sp³-hybridized carbons (Fsp3) is 0.923. The van der Waals surface area contributed by atoms with E-state index in [4.69, 9.17) is 9.47 Å². The Morgan fingerprint density at radius 1 is 1.39 bits per heavy atom. The van der Waals surface area contributed by atoms with Gasteiger partial charge in [-0.1, -0.05) is 0 Å². The topological polar surface area (TPSA) is 50.8 Å². The molecule has 0 bridgehead atoms. The minimum absolute atomic E-state index is 0.171. The number of nitrogens with zero attached hydrogens (tertiary/aromatic N) is 1. The third-order valence-corrected chi connectivity index (χ3v) is 3.68. The molecule has 0 aromatic heterocycles. The van der Waals surface area contributed by atoms with Crippen LogP contribution < -0.4 is 5.32 Å². The summed E-state index contributed by atoms with van der Waals surface area (Å²) in [5.41, 5.74) is 0. The predicted molar refractivity (Wildman–Crippen MR) is 68.6 cm³/mol. The van der Waals surface area contributed by atoms with E-state index in [0.29, 0.717) is 18.8 Å². The molecule has 2 saturated heterocycles. The Labute approximate surface area is 109 Å². The lowest BCUT2D eigenvalue weighted by molar-refractivity contribution is 0.0875. The highest BCUT2D eigenvalue weighted by molar-refractivity contribution is 5.67. The van der Waals surface area contributed by atoms with Crippen LogP contribution in [-0.4, -0.2) is 56.0 Å². The number of nitrogens with one attached hydrogen (secondary N) is 1. The second-order valence-corrected chi connectivity index (χ2v) is 5.00. The van der Waals surface area contributed by atoms with Crippen LogP contribution in [0.1, 0.15) is 32.6 Å². The molecule has 0 saturated carbocycles. The van der Waals surface area contributed by atoms with Crippen LogP contribution in [0.3, 0.4) is 0 Å². The number of hydrogen-bond donors (Lipinski definition) is 1. The summed E-state index contributed by atoms with van der Waals surface area (Å²) < 4.78 is 10.6. The van der Waals surface area contributed by atoms with Crippen molar-refractivity contribution in [2.75, 3.05) is 32.8 Å². The number of carbonyl (C=O) groups is 1. The molecule has 1 amide bonds. The maximum absolute atomic E-state index is 11.5. The smallest absolute Gasteiger partial charge is 0.409 e. The normalized spacial score (nSPS) is 25.4. The van der Waals surface area contributed by atoms with Gasteiger partial charge in [0.25, 0.3) is 0 Å². The highest BCUT2D eigenvalue weighted by Gasteiger charge is 2.24. The van der Waals surface area contributed by atoms with Crippen molar-refractivity contribution in [1.29, 1.82) is 0 Å². The summed E-state index contributed by atoms with van der Waals surface area (Å²) >= 11 is 0. The monoisotopic (exact) mass is 256 g/mol. The van der Waals surface area contributed by atoms with Crippen LogP contribution in [0.25, 0.3) is 0 Å². The number of ether oxygens (including phenoxy) is 2. The van der Waals surface area contributed by atoms with E-state index in [0.717, 1.165) is 39.1 Å². The number of amides is 1. The molecule has 5 heteroatoms. The molecule has 2 heterocycles. The number of piperidine rings is 1. The Morgan fingerprint density at radius 2 is 2.17 bits per heavy atom. The molecule has 0 aliphatic carbocycles. The number of hydrogen-bond acceptors (Lipinski definition) is 4. The highest BCUT2D eigenvalue weighted by Crippen LogP contribution is 2.14. The van der Waals surface area contributed by atoms with Crippen LogP contribution >= 0.6 is 0 Å². The fourth-order valence-electron chi connectivity index (χ4n) is 2.58. The first-order valence-electron chi connectivity index (χ1n) is 7.06. The van der Waals surface area contributed by atoms with Gasteiger partial charge in [0.2, 0.25) is 0 Å². The standard InChI is InChI=1S/C13H24N2O3/c1-2-17-13(16)15-7-5-11(6-8-15)14-10-12-4-3-9-18-12/h11-12,14H,2-10H2,1H3/t12-/m0/s1. The van der Waals surface area contributed by atoms with Crippen LogP contribution in [0.15, 0.2) is 0 Å². The second-order valence-electron chi connectivity index (χ2n) is 5.00. The van der Waals surface area contributed by atoms with Gasteiger partial charge in [-0.05, 0) is 32.6 Å². The summed E-state index contributed by atoms with van der Waals surface area (Å²) in [5.74, 6) is 0. The molecule has 1 N–H and O–H groups in total. The van der Waals surface area contributed by atoms with Gasteiger partial charge in [-0.3, -0.25) is 0 Å². The van der Waals surface area contributed by atoms with E-state index in [1.54, 1.807) is 4.90 Å². The van der Waals surface area contributed by atoms with Gasteiger partial charge in [0.1, 0.15) is 0 Å². The molecule has 0 unspecified atom stereocenters. The van der Waals surface area contributed by atoms with Gasteiger partial charge in [-0.15, -0.1) is 0 Å². The summed E-state index contributed by atoms with van der Waals surface area (Å²) in [7, 11) is 0. The van der Waals surface area contributed by atoms with Crippen molar-refractivity contribution in [3.05, 3.63) is 0 Å². The Balaban J connectivity index is 1.62. The van der Waals surface area contributed by atoms with E-state index in [-0.39, 0.29) is 6.09 Å². The van der Waals surface area contributed by atoms with Gasteiger partial charge >= 0.3 is 6.09 Å². The summed E-state index contributed by atoms with van der Waals surface area (Å²) in [6.07, 6.45) is 4.60.